The Balaban J connectivity index is 1.18. The van der Waals surface area contributed by atoms with E-state index in [1.54, 1.807) is 11.3 Å². The highest BCUT2D eigenvalue weighted by Gasteiger charge is 2.20. The first-order chi connectivity index (χ1) is 25.3. The summed E-state index contributed by atoms with van der Waals surface area (Å²) >= 11 is 1.80. The van der Waals surface area contributed by atoms with Gasteiger partial charge in [0, 0.05) is 58.5 Å². The fourth-order valence-corrected chi connectivity index (χ4v) is 8.59. The second-order valence-electron chi connectivity index (χ2n) is 12.8. The van der Waals surface area contributed by atoms with Crippen molar-refractivity contribution in [1.29, 1.82) is 0 Å². The van der Waals surface area contributed by atoms with Crippen LogP contribution < -0.4 is 0 Å². The Morgan fingerprint density at radius 3 is 1.96 bits per heavy atom. The molecule has 0 fully saturated rings. The number of hydrogen-bond donors (Lipinski definition) is 0. The van der Waals surface area contributed by atoms with Crippen molar-refractivity contribution in [2.24, 2.45) is 0 Å². The zero-order valence-electron chi connectivity index (χ0n) is 27.1. The number of para-hydroxylation sites is 4. The number of aromatic nitrogens is 4. The predicted molar refractivity (Wildman–Crippen MR) is 211 cm³/mol. The van der Waals surface area contributed by atoms with E-state index >= 15 is 0 Å². The summed E-state index contributed by atoms with van der Waals surface area (Å²) in [5, 5.41) is 6.91. The van der Waals surface area contributed by atoms with Crippen LogP contribution >= 0.6 is 11.3 Å². The van der Waals surface area contributed by atoms with Crippen LogP contribution in [0.15, 0.2) is 162 Å². The maximum Gasteiger partial charge on any atom is 0.167 e. The lowest BCUT2D eigenvalue weighted by atomic mass is 10.1. The summed E-state index contributed by atoms with van der Waals surface area (Å²) in [5.41, 5.74) is 7.62. The van der Waals surface area contributed by atoms with Crippen LogP contribution in [0.25, 0.3) is 104 Å². The molecule has 7 aromatic carbocycles. The summed E-state index contributed by atoms with van der Waals surface area (Å²) < 4.78 is 11.3. The summed E-state index contributed by atoms with van der Waals surface area (Å²) in [4.78, 5) is 15.6. The molecule has 0 amide bonds. The third-order valence-electron chi connectivity index (χ3n) is 9.86. The SMILES string of the molecule is c1ccc(-n2c3ccccc3c3ccc(-c4nc(-c5ccc6sc7ccccc7c6c5)nc(-c5cccc6c5oc5ccccc56)n4)cc32)cc1. The van der Waals surface area contributed by atoms with Crippen LogP contribution in [0, 0.1) is 0 Å². The van der Waals surface area contributed by atoms with Crippen LogP contribution in [-0.2, 0) is 0 Å². The minimum absolute atomic E-state index is 0.568. The molecule has 51 heavy (non-hydrogen) atoms. The number of thiophene rings is 1. The molecule has 6 heteroatoms. The normalized spacial score (nSPS) is 11.9. The number of rotatable bonds is 4. The van der Waals surface area contributed by atoms with Crippen LogP contribution in [0.4, 0.5) is 0 Å². The Bertz CT molecular complexity index is 3150. The Kier molecular flexibility index (Phi) is 6.05. The maximum atomic E-state index is 6.48. The fourth-order valence-electron chi connectivity index (χ4n) is 7.51. The van der Waals surface area contributed by atoms with Gasteiger partial charge in [-0.15, -0.1) is 11.3 Å². The summed E-state index contributed by atoms with van der Waals surface area (Å²) in [6.07, 6.45) is 0. The average molecular weight is 671 g/mol. The first-order valence-corrected chi connectivity index (χ1v) is 17.8. The molecule has 0 radical (unpaired) electrons. The van der Waals surface area contributed by atoms with Crippen LogP contribution in [0.2, 0.25) is 0 Å². The minimum atomic E-state index is 0.568. The van der Waals surface area contributed by atoms with E-state index in [-0.39, 0.29) is 0 Å². The van der Waals surface area contributed by atoms with Crippen molar-refractivity contribution in [3.05, 3.63) is 158 Å². The zero-order valence-corrected chi connectivity index (χ0v) is 27.9. The molecular formula is C45H26N4OS. The third-order valence-corrected chi connectivity index (χ3v) is 11.0. The van der Waals surface area contributed by atoms with Crippen molar-refractivity contribution in [3.8, 4) is 39.9 Å². The lowest BCUT2D eigenvalue weighted by molar-refractivity contribution is 0.669. The van der Waals surface area contributed by atoms with Crippen molar-refractivity contribution in [1.82, 2.24) is 19.5 Å². The quantitative estimate of drug-likeness (QED) is 0.187. The highest BCUT2D eigenvalue weighted by atomic mass is 32.1. The molecule has 5 nitrogen and oxygen atoms in total. The van der Waals surface area contributed by atoms with E-state index in [2.05, 4.69) is 138 Å². The summed E-state index contributed by atoms with van der Waals surface area (Å²) in [7, 11) is 0. The molecule has 0 saturated heterocycles. The van der Waals surface area contributed by atoms with E-state index in [0.717, 1.165) is 55.3 Å². The molecule has 0 aliphatic heterocycles. The van der Waals surface area contributed by atoms with Gasteiger partial charge in [0.05, 0.1) is 16.6 Å². The summed E-state index contributed by atoms with van der Waals surface area (Å²) in [6, 6.07) is 55.0. The van der Waals surface area contributed by atoms with E-state index in [4.69, 9.17) is 19.4 Å². The molecule has 0 saturated carbocycles. The van der Waals surface area contributed by atoms with Crippen molar-refractivity contribution in [2.75, 3.05) is 0 Å². The van der Waals surface area contributed by atoms with Gasteiger partial charge in [0.1, 0.15) is 11.2 Å². The molecule has 11 aromatic rings. The van der Waals surface area contributed by atoms with Crippen LogP contribution in [0.3, 0.4) is 0 Å². The lowest BCUT2D eigenvalue weighted by Crippen LogP contribution is -2.01. The van der Waals surface area contributed by atoms with Gasteiger partial charge < -0.3 is 8.98 Å². The van der Waals surface area contributed by atoms with Gasteiger partial charge in [-0.05, 0) is 60.7 Å². The highest BCUT2D eigenvalue weighted by Crippen LogP contribution is 2.39. The first-order valence-electron chi connectivity index (χ1n) is 16.9. The molecule has 0 aliphatic carbocycles. The van der Waals surface area contributed by atoms with E-state index in [1.165, 1.54) is 30.9 Å². The molecular weight excluding hydrogens is 645 g/mol. The Morgan fingerprint density at radius 2 is 1.08 bits per heavy atom. The number of furan rings is 1. The van der Waals surface area contributed by atoms with E-state index in [9.17, 15) is 0 Å². The Morgan fingerprint density at radius 1 is 0.431 bits per heavy atom. The van der Waals surface area contributed by atoms with E-state index < -0.39 is 0 Å². The van der Waals surface area contributed by atoms with Gasteiger partial charge in [-0.25, -0.2) is 15.0 Å². The maximum absolute atomic E-state index is 6.48. The van der Waals surface area contributed by atoms with Crippen LogP contribution in [0.1, 0.15) is 0 Å². The fraction of sp³-hybridized carbons (Fsp3) is 0. The average Bonchev–Trinajstić information content (AvgIpc) is 3.87. The molecule has 0 atom stereocenters. The number of benzene rings is 7. The van der Waals surface area contributed by atoms with Gasteiger partial charge in [0.15, 0.2) is 17.5 Å². The van der Waals surface area contributed by atoms with Gasteiger partial charge in [0.2, 0.25) is 0 Å². The smallest absolute Gasteiger partial charge is 0.167 e. The van der Waals surface area contributed by atoms with Crippen molar-refractivity contribution >= 4 is 75.3 Å². The van der Waals surface area contributed by atoms with E-state index in [1.807, 2.05) is 24.3 Å². The molecule has 0 spiro atoms. The molecule has 0 aliphatic rings. The summed E-state index contributed by atoms with van der Waals surface area (Å²) in [5.74, 6) is 1.78. The molecule has 4 aromatic heterocycles. The topological polar surface area (TPSA) is 56.7 Å². The predicted octanol–water partition coefficient (Wildman–Crippen LogP) is 12.2. The highest BCUT2D eigenvalue weighted by molar-refractivity contribution is 7.25. The van der Waals surface area contributed by atoms with Gasteiger partial charge in [0.25, 0.3) is 0 Å². The van der Waals surface area contributed by atoms with Gasteiger partial charge in [-0.3, -0.25) is 0 Å². The Labute approximate surface area is 295 Å². The van der Waals surface area contributed by atoms with E-state index in [0.29, 0.717) is 17.5 Å². The molecule has 0 unspecified atom stereocenters. The largest absolute Gasteiger partial charge is 0.455 e. The zero-order chi connectivity index (χ0) is 33.5. The van der Waals surface area contributed by atoms with Crippen LogP contribution in [0.5, 0.6) is 0 Å². The number of nitrogens with zero attached hydrogens (tertiary/aromatic N) is 4. The lowest BCUT2D eigenvalue weighted by Gasteiger charge is -2.11. The molecule has 238 valence electrons. The van der Waals surface area contributed by atoms with Crippen molar-refractivity contribution in [2.45, 2.75) is 0 Å². The second-order valence-corrected chi connectivity index (χ2v) is 13.9. The second kappa shape index (κ2) is 10.9. The molecule has 0 bridgehead atoms. The van der Waals surface area contributed by atoms with Gasteiger partial charge in [-0.2, -0.15) is 0 Å². The third kappa shape index (κ3) is 4.37. The molecule has 4 heterocycles. The van der Waals surface area contributed by atoms with Crippen molar-refractivity contribution < 1.29 is 4.42 Å². The number of hydrogen-bond acceptors (Lipinski definition) is 5. The molecule has 11 rings (SSSR count). The van der Waals surface area contributed by atoms with Crippen molar-refractivity contribution in [3.63, 3.8) is 0 Å². The van der Waals surface area contributed by atoms with Gasteiger partial charge in [-0.1, -0.05) is 97.1 Å². The standard InChI is InChI=1S/C45H26N4OS/c1-2-11-29(12-3-1)49-37-18-7-4-13-30(37)31-23-21-28(26-38(31)49)44-46-43(27-22-24-41-36(25-27)33-15-6-9-20-40(33)51-41)47-45(48-44)35-17-10-16-34-32-14-5-8-19-39(32)50-42(34)35/h1-26H. The molecule has 0 N–H and O–H groups in total. The first kappa shape index (κ1) is 28.2. The number of fused-ring (bicyclic) bond motifs is 9. The Hall–Kier alpha value is -6.63. The minimum Gasteiger partial charge on any atom is -0.455 e. The monoisotopic (exact) mass is 670 g/mol. The van der Waals surface area contributed by atoms with Crippen LogP contribution in [-0.4, -0.2) is 19.5 Å². The van der Waals surface area contributed by atoms with Gasteiger partial charge >= 0.3 is 0 Å². The summed E-state index contributed by atoms with van der Waals surface area (Å²) in [6.45, 7) is 0.